The molecular weight excluding hydrogens is 358 g/mol. The van der Waals surface area contributed by atoms with Crippen molar-refractivity contribution in [2.75, 3.05) is 27.7 Å². The number of nitrogens with one attached hydrogen (secondary N) is 1. The summed E-state index contributed by atoms with van der Waals surface area (Å²) in [6, 6.07) is 11.2. The number of ether oxygens (including phenoxy) is 1. The number of hydrogen-bond donors (Lipinski definition) is 1. The lowest BCUT2D eigenvalue weighted by molar-refractivity contribution is -0.120. The van der Waals surface area contributed by atoms with Crippen molar-refractivity contribution in [1.82, 2.24) is 15.2 Å². The zero-order chi connectivity index (χ0) is 20.1. The number of hydrogen-bond acceptors (Lipinski definition) is 6. The van der Waals surface area contributed by atoms with Gasteiger partial charge in [0.2, 0.25) is 11.8 Å². The number of amides is 1. The Labute approximate surface area is 164 Å². The highest BCUT2D eigenvalue weighted by atomic mass is 16.5. The number of aromatic nitrogens is 1. The Balaban J connectivity index is 1.67. The lowest BCUT2D eigenvalue weighted by Crippen LogP contribution is -2.35. The van der Waals surface area contributed by atoms with Gasteiger partial charge >= 0.3 is 0 Å². The molecule has 148 valence electrons. The fourth-order valence-corrected chi connectivity index (χ4v) is 2.97. The molecule has 0 saturated heterocycles. The van der Waals surface area contributed by atoms with Gasteiger partial charge in [-0.05, 0) is 45.3 Å². The average Bonchev–Trinajstić information content (AvgIpc) is 3.32. The minimum Gasteiger partial charge on any atom is -0.496 e. The van der Waals surface area contributed by atoms with Crippen molar-refractivity contribution in [3.05, 3.63) is 59.9 Å². The zero-order valence-electron chi connectivity index (χ0n) is 16.6. The molecule has 7 nitrogen and oxygen atoms in total. The van der Waals surface area contributed by atoms with Gasteiger partial charge in [-0.1, -0.05) is 12.1 Å². The molecule has 28 heavy (non-hydrogen) atoms. The average molecular weight is 383 g/mol. The molecule has 0 fully saturated rings. The molecular formula is C21H25N3O4. The van der Waals surface area contributed by atoms with Crippen LogP contribution in [0.25, 0.3) is 11.5 Å². The van der Waals surface area contributed by atoms with Crippen LogP contribution in [0.1, 0.15) is 23.3 Å². The van der Waals surface area contributed by atoms with Gasteiger partial charge in [0.25, 0.3) is 0 Å². The van der Waals surface area contributed by atoms with E-state index in [9.17, 15) is 4.79 Å². The van der Waals surface area contributed by atoms with Crippen LogP contribution in [0.5, 0.6) is 5.75 Å². The smallest absolute Gasteiger partial charge is 0.230 e. The van der Waals surface area contributed by atoms with E-state index in [0.29, 0.717) is 29.6 Å². The predicted molar refractivity (Wildman–Crippen MR) is 105 cm³/mol. The van der Waals surface area contributed by atoms with E-state index in [1.165, 1.54) is 0 Å². The van der Waals surface area contributed by atoms with E-state index < -0.39 is 0 Å². The highest BCUT2D eigenvalue weighted by Crippen LogP contribution is 2.30. The van der Waals surface area contributed by atoms with Crippen molar-refractivity contribution in [2.45, 2.75) is 19.4 Å². The van der Waals surface area contributed by atoms with Gasteiger partial charge in [-0.15, -0.1) is 0 Å². The normalized spacial score (nSPS) is 12.2. The lowest BCUT2D eigenvalue weighted by atomic mass is 10.2. The molecule has 1 aromatic carbocycles. The van der Waals surface area contributed by atoms with E-state index in [0.717, 1.165) is 11.3 Å². The van der Waals surface area contributed by atoms with E-state index in [1.807, 2.05) is 55.4 Å². The first-order valence-electron chi connectivity index (χ1n) is 9.05. The first kappa shape index (κ1) is 19.7. The molecule has 0 bridgehead atoms. The Morgan fingerprint density at radius 2 is 2.04 bits per heavy atom. The summed E-state index contributed by atoms with van der Waals surface area (Å²) in [5, 5.41) is 2.95. The van der Waals surface area contributed by atoms with Gasteiger partial charge in [0.15, 0.2) is 0 Å². The maximum Gasteiger partial charge on any atom is 0.230 e. The molecule has 0 aliphatic carbocycles. The number of likely N-dealkylation sites (N-methyl/N-ethyl adjacent to an activating group) is 1. The summed E-state index contributed by atoms with van der Waals surface area (Å²) in [5.74, 6) is 2.42. The molecule has 1 unspecified atom stereocenters. The maximum atomic E-state index is 12.5. The monoisotopic (exact) mass is 383 g/mol. The highest BCUT2D eigenvalue weighted by molar-refractivity contribution is 5.78. The maximum absolute atomic E-state index is 12.5. The lowest BCUT2D eigenvalue weighted by Gasteiger charge is -2.22. The molecule has 2 aromatic heterocycles. The van der Waals surface area contributed by atoms with Crippen LogP contribution in [0.4, 0.5) is 0 Å². The highest BCUT2D eigenvalue weighted by Gasteiger charge is 2.20. The zero-order valence-corrected chi connectivity index (χ0v) is 16.6. The van der Waals surface area contributed by atoms with Gasteiger partial charge < -0.3 is 18.9 Å². The number of methoxy groups -OCH3 is 1. The van der Waals surface area contributed by atoms with Crippen LogP contribution in [0.2, 0.25) is 0 Å². The molecule has 2 heterocycles. The number of aryl methyl sites for hydroxylation is 1. The summed E-state index contributed by atoms with van der Waals surface area (Å²) in [7, 11) is 5.49. The third-order valence-electron chi connectivity index (χ3n) is 4.55. The van der Waals surface area contributed by atoms with Crippen LogP contribution in [-0.2, 0) is 11.2 Å². The number of nitrogens with zero attached hydrogens (tertiary/aromatic N) is 2. The molecule has 0 aliphatic heterocycles. The summed E-state index contributed by atoms with van der Waals surface area (Å²) in [5.41, 5.74) is 1.36. The predicted octanol–water partition coefficient (Wildman–Crippen LogP) is 3.21. The number of furan rings is 1. The van der Waals surface area contributed by atoms with Crippen LogP contribution in [0.15, 0.2) is 51.5 Å². The molecule has 0 radical (unpaired) electrons. The van der Waals surface area contributed by atoms with Crippen LogP contribution in [-0.4, -0.2) is 43.5 Å². The van der Waals surface area contributed by atoms with Crippen molar-refractivity contribution >= 4 is 5.91 Å². The Morgan fingerprint density at radius 1 is 1.25 bits per heavy atom. The number of para-hydroxylation sites is 1. The minimum atomic E-state index is -0.124. The molecule has 1 atom stereocenters. The molecule has 0 saturated carbocycles. The number of oxazole rings is 1. The second kappa shape index (κ2) is 8.75. The molecule has 1 amide bonds. The third kappa shape index (κ3) is 4.43. The second-order valence-corrected chi connectivity index (χ2v) is 6.70. The third-order valence-corrected chi connectivity index (χ3v) is 4.55. The van der Waals surface area contributed by atoms with Crippen molar-refractivity contribution < 1.29 is 18.4 Å². The van der Waals surface area contributed by atoms with E-state index >= 15 is 0 Å². The van der Waals surface area contributed by atoms with Gasteiger partial charge in [-0.25, -0.2) is 4.98 Å². The van der Waals surface area contributed by atoms with Crippen LogP contribution < -0.4 is 10.1 Å². The van der Waals surface area contributed by atoms with Gasteiger partial charge in [0.05, 0.1) is 37.1 Å². The number of rotatable bonds is 8. The fraction of sp³-hybridized carbons (Fsp3) is 0.333. The SMILES string of the molecule is COc1ccccc1-c1nc(CC(=O)NCC(c2ccco2)N(C)C)c(C)o1. The minimum absolute atomic E-state index is 0.0403. The van der Waals surface area contributed by atoms with E-state index in [4.69, 9.17) is 13.6 Å². The van der Waals surface area contributed by atoms with Gasteiger partial charge in [-0.3, -0.25) is 9.69 Å². The first-order valence-corrected chi connectivity index (χ1v) is 9.05. The Hall–Kier alpha value is -3.06. The van der Waals surface area contributed by atoms with Crippen LogP contribution >= 0.6 is 0 Å². The number of carbonyl (C=O) groups excluding carboxylic acids is 1. The Morgan fingerprint density at radius 3 is 2.71 bits per heavy atom. The summed E-state index contributed by atoms with van der Waals surface area (Å²) in [6.45, 7) is 2.25. The number of carbonyl (C=O) groups is 1. The molecule has 3 rings (SSSR count). The largest absolute Gasteiger partial charge is 0.496 e. The second-order valence-electron chi connectivity index (χ2n) is 6.70. The number of benzene rings is 1. The molecule has 7 heteroatoms. The van der Waals surface area contributed by atoms with Gasteiger partial charge in [0, 0.05) is 6.54 Å². The van der Waals surface area contributed by atoms with E-state index in [-0.39, 0.29) is 18.4 Å². The summed E-state index contributed by atoms with van der Waals surface area (Å²) < 4.78 is 16.6. The summed E-state index contributed by atoms with van der Waals surface area (Å²) in [6.07, 6.45) is 1.77. The fourth-order valence-electron chi connectivity index (χ4n) is 2.97. The van der Waals surface area contributed by atoms with Gasteiger partial charge in [0.1, 0.15) is 17.3 Å². The molecule has 0 aliphatic rings. The first-order chi connectivity index (χ1) is 13.5. The van der Waals surface area contributed by atoms with E-state index in [1.54, 1.807) is 20.3 Å². The van der Waals surface area contributed by atoms with Gasteiger partial charge in [-0.2, -0.15) is 0 Å². The van der Waals surface area contributed by atoms with Crippen molar-refractivity contribution in [3.63, 3.8) is 0 Å². The van der Waals surface area contributed by atoms with Crippen molar-refractivity contribution in [1.29, 1.82) is 0 Å². The summed E-state index contributed by atoms with van der Waals surface area (Å²) >= 11 is 0. The van der Waals surface area contributed by atoms with Crippen LogP contribution in [0, 0.1) is 6.92 Å². The quantitative estimate of drug-likeness (QED) is 0.643. The topological polar surface area (TPSA) is 80.7 Å². The Kier molecular flexibility index (Phi) is 6.16. The molecule has 3 aromatic rings. The molecule has 0 spiro atoms. The summed E-state index contributed by atoms with van der Waals surface area (Å²) in [4.78, 5) is 19.0. The van der Waals surface area contributed by atoms with Crippen molar-refractivity contribution in [3.8, 4) is 17.2 Å². The van der Waals surface area contributed by atoms with Crippen molar-refractivity contribution in [2.24, 2.45) is 0 Å². The van der Waals surface area contributed by atoms with E-state index in [2.05, 4.69) is 10.3 Å². The standard InChI is InChI=1S/C21H25N3O4/c1-14-16(23-21(28-14)15-8-5-6-9-18(15)26-4)12-20(25)22-13-17(24(2)3)19-10-7-11-27-19/h5-11,17H,12-13H2,1-4H3,(H,22,25). The molecule has 1 N–H and O–H groups in total. The van der Waals surface area contributed by atoms with Crippen LogP contribution in [0.3, 0.4) is 0 Å². The Bertz CT molecular complexity index is 916.